The molecule has 1 aromatic carbocycles. The third kappa shape index (κ3) is 9.43. The second-order valence-electron chi connectivity index (χ2n) is 11.1. The largest absolute Gasteiger partial charge is 0.495 e. The van der Waals surface area contributed by atoms with E-state index in [1.54, 1.807) is 35.1 Å². The minimum absolute atomic E-state index is 0.0463. The normalized spacial score (nSPS) is 25.7. The first kappa shape index (κ1) is 34.4. The van der Waals surface area contributed by atoms with E-state index >= 15 is 0 Å². The van der Waals surface area contributed by atoms with Crippen molar-refractivity contribution in [2.45, 2.75) is 88.6 Å². The number of alkyl carbamates (subject to hydrolysis) is 1. The van der Waals surface area contributed by atoms with Crippen LogP contribution in [0.15, 0.2) is 42.0 Å². The van der Waals surface area contributed by atoms with Gasteiger partial charge in [0.2, 0.25) is 5.91 Å². The lowest BCUT2D eigenvalue weighted by molar-refractivity contribution is -0.155. The fraction of sp³-hybridized carbons (Fsp3) is 0.581. The highest BCUT2D eigenvalue weighted by Gasteiger charge is 2.60. The quantitative estimate of drug-likeness (QED) is 0.153. The van der Waals surface area contributed by atoms with Crippen LogP contribution in [0.1, 0.15) is 45.6 Å². The zero-order chi connectivity index (χ0) is 31.7. The number of carbonyl (C=O) groups excluding carboxylic acids is 3. The fourth-order valence-electron chi connectivity index (χ4n) is 5.06. The van der Waals surface area contributed by atoms with Crippen LogP contribution < -0.4 is 20.7 Å². The molecule has 238 valence electrons. The van der Waals surface area contributed by atoms with Gasteiger partial charge in [-0.3, -0.25) is 9.59 Å². The van der Waals surface area contributed by atoms with Crippen molar-refractivity contribution in [3.8, 4) is 5.75 Å². The second-order valence-corrected chi connectivity index (χ2v) is 11.5. The number of cyclic esters (lactones) is 1. The van der Waals surface area contributed by atoms with Gasteiger partial charge in [0, 0.05) is 27.0 Å². The highest BCUT2D eigenvalue weighted by molar-refractivity contribution is 6.32. The molecule has 3 N–H and O–H groups in total. The maximum absolute atomic E-state index is 12.5. The van der Waals surface area contributed by atoms with E-state index in [4.69, 9.17) is 35.3 Å². The standard InChI is InChI=1S/C31H44ClN3O8/c1-18(13-20-11-12-22(32)25(14-20)40-7)9-8-10-24(39-6)23-15-21(41-30(38)35-23)16-27-31(3,43-27)26(17-28(36)34-5)42-29(37)19(2)33-4/h8-12,14,19,21,23-24,26-27,33H,13,15-17H2,1-7H3,(H,34,36)(H,35,38)/b10-8+,18-9+/t19?,21?,23?,24-,26+,27?,31?/m1/s1. The summed E-state index contributed by atoms with van der Waals surface area (Å²) < 4.78 is 28.3. The van der Waals surface area contributed by atoms with Crippen LogP contribution in [-0.4, -0.2) is 88.4 Å². The number of hydrogen-bond donors (Lipinski definition) is 3. The van der Waals surface area contributed by atoms with Gasteiger partial charge in [-0.25, -0.2) is 4.79 Å². The van der Waals surface area contributed by atoms with Gasteiger partial charge in [0.15, 0.2) is 0 Å². The highest BCUT2D eigenvalue weighted by atomic mass is 35.5. The molecule has 2 amide bonds. The van der Waals surface area contributed by atoms with Crippen molar-refractivity contribution < 1.29 is 38.1 Å². The van der Waals surface area contributed by atoms with Crippen LogP contribution in [0.4, 0.5) is 4.79 Å². The van der Waals surface area contributed by atoms with Gasteiger partial charge in [-0.2, -0.15) is 0 Å². The van der Waals surface area contributed by atoms with Crippen molar-refractivity contribution in [2.24, 2.45) is 0 Å². The van der Waals surface area contributed by atoms with Gasteiger partial charge in [-0.05, 0) is 51.9 Å². The predicted molar refractivity (Wildman–Crippen MR) is 162 cm³/mol. The second kappa shape index (κ2) is 15.6. The van der Waals surface area contributed by atoms with Crippen LogP contribution in [0.25, 0.3) is 0 Å². The highest BCUT2D eigenvalue weighted by Crippen LogP contribution is 2.45. The minimum Gasteiger partial charge on any atom is -0.495 e. The van der Waals surface area contributed by atoms with Crippen molar-refractivity contribution in [3.63, 3.8) is 0 Å². The average Bonchev–Trinajstić information content (AvgIpc) is 3.64. The number of methoxy groups -OCH3 is 2. The Kier molecular flexibility index (Phi) is 12.4. The number of ether oxygens (including phenoxy) is 5. The van der Waals surface area contributed by atoms with Crippen molar-refractivity contribution >= 4 is 29.6 Å². The molecule has 2 heterocycles. The number of likely N-dealkylation sites (N-methyl/N-ethyl adjacent to an activating group) is 1. The van der Waals surface area contributed by atoms with Crippen LogP contribution in [-0.2, 0) is 35.0 Å². The van der Waals surface area contributed by atoms with Gasteiger partial charge >= 0.3 is 12.1 Å². The molecule has 2 aliphatic rings. The lowest BCUT2D eigenvalue weighted by atomic mass is 9.91. The molecule has 0 aliphatic carbocycles. The SMILES string of the molecule is CNC(=O)C[C@H](OC(=O)C(C)NC)C1(C)OC1CC1CC([C@@H](/C=C/C=C(\C)Cc2ccc(Cl)c(OC)c2)OC)NC(=O)O1. The van der Waals surface area contributed by atoms with Gasteiger partial charge in [0.1, 0.15) is 29.6 Å². The number of hydrogen-bond acceptors (Lipinski definition) is 9. The Bertz CT molecular complexity index is 1210. The molecule has 2 fully saturated rings. The lowest BCUT2D eigenvalue weighted by Crippen LogP contribution is -2.51. The van der Waals surface area contributed by atoms with Gasteiger partial charge in [-0.15, -0.1) is 0 Å². The summed E-state index contributed by atoms with van der Waals surface area (Å²) in [7, 11) is 6.35. The van der Waals surface area contributed by atoms with Crippen molar-refractivity contribution in [3.05, 3.63) is 52.6 Å². The Hall–Kier alpha value is -3.12. The zero-order valence-electron chi connectivity index (χ0n) is 25.9. The number of esters is 1. The van der Waals surface area contributed by atoms with Crippen molar-refractivity contribution in [2.75, 3.05) is 28.3 Å². The Morgan fingerprint density at radius 1 is 1.28 bits per heavy atom. The number of rotatable bonds is 15. The number of halogens is 1. The average molecular weight is 622 g/mol. The predicted octanol–water partition coefficient (Wildman–Crippen LogP) is 3.48. The molecule has 7 atom stereocenters. The topological polar surface area (TPSA) is 137 Å². The molecular weight excluding hydrogens is 578 g/mol. The van der Waals surface area contributed by atoms with E-state index in [-0.39, 0.29) is 24.5 Å². The minimum atomic E-state index is -0.889. The molecule has 11 nitrogen and oxygen atoms in total. The van der Waals surface area contributed by atoms with E-state index in [9.17, 15) is 14.4 Å². The Labute approximate surface area is 258 Å². The summed E-state index contributed by atoms with van der Waals surface area (Å²) >= 11 is 6.13. The van der Waals surface area contributed by atoms with Crippen molar-refractivity contribution in [1.29, 1.82) is 0 Å². The Morgan fingerprint density at radius 3 is 2.67 bits per heavy atom. The van der Waals surface area contributed by atoms with Crippen LogP contribution in [0.3, 0.4) is 0 Å². The first-order chi connectivity index (χ1) is 20.4. The summed E-state index contributed by atoms with van der Waals surface area (Å²) in [5.41, 5.74) is 1.30. The van der Waals surface area contributed by atoms with Crippen LogP contribution in [0, 0.1) is 0 Å². The molecule has 2 aliphatic heterocycles. The van der Waals surface area contributed by atoms with Gasteiger partial charge in [0.25, 0.3) is 0 Å². The molecule has 0 spiro atoms. The molecule has 1 aromatic rings. The molecule has 0 aromatic heterocycles. The number of amides is 2. The molecule has 43 heavy (non-hydrogen) atoms. The molecule has 0 radical (unpaired) electrons. The summed E-state index contributed by atoms with van der Waals surface area (Å²) in [4.78, 5) is 37.2. The molecule has 0 saturated carbocycles. The van der Waals surface area contributed by atoms with Crippen LogP contribution >= 0.6 is 11.6 Å². The molecule has 0 bridgehead atoms. The number of epoxide rings is 1. The van der Waals surface area contributed by atoms with Crippen LogP contribution in [0.2, 0.25) is 5.02 Å². The first-order valence-corrected chi connectivity index (χ1v) is 14.7. The van der Waals surface area contributed by atoms with Crippen LogP contribution in [0.5, 0.6) is 5.75 Å². The summed E-state index contributed by atoms with van der Waals surface area (Å²) in [6.45, 7) is 5.51. The maximum Gasteiger partial charge on any atom is 0.407 e. The lowest BCUT2D eigenvalue weighted by Gasteiger charge is -2.33. The summed E-state index contributed by atoms with van der Waals surface area (Å²) in [5.74, 6) is -0.118. The van der Waals surface area contributed by atoms with Gasteiger partial charge in [0.05, 0.1) is 36.8 Å². The molecule has 3 rings (SSSR count). The van der Waals surface area contributed by atoms with E-state index in [2.05, 4.69) is 16.0 Å². The fourth-order valence-corrected chi connectivity index (χ4v) is 5.25. The van der Waals surface area contributed by atoms with E-state index < -0.39 is 42.0 Å². The summed E-state index contributed by atoms with van der Waals surface area (Å²) in [5, 5.41) is 8.83. The third-order valence-electron chi connectivity index (χ3n) is 7.93. The third-order valence-corrected chi connectivity index (χ3v) is 8.24. The van der Waals surface area contributed by atoms with E-state index in [0.29, 0.717) is 23.6 Å². The van der Waals surface area contributed by atoms with Crippen molar-refractivity contribution in [1.82, 2.24) is 16.0 Å². The van der Waals surface area contributed by atoms with Gasteiger partial charge in [-0.1, -0.05) is 41.5 Å². The molecular formula is C31H44ClN3O8. The van der Waals surface area contributed by atoms with Gasteiger partial charge < -0.3 is 39.6 Å². The summed E-state index contributed by atoms with van der Waals surface area (Å²) in [6.07, 6.45) is 4.78. The molecule has 2 saturated heterocycles. The first-order valence-electron chi connectivity index (χ1n) is 14.4. The number of benzene rings is 1. The maximum atomic E-state index is 12.5. The Morgan fingerprint density at radius 2 is 2.02 bits per heavy atom. The van der Waals surface area contributed by atoms with E-state index in [1.807, 2.05) is 43.4 Å². The smallest absolute Gasteiger partial charge is 0.407 e. The Balaban J connectivity index is 1.62. The number of allylic oxidation sites excluding steroid dienone is 3. The number of nitrogens with one attached hydrogen (secondary N) is 3. The van der Waals surface area contributed by atoms with E-state index in [1.165, 1.54) is 7.05 Å². The zero-order valence-corrected chi connectivity index (χ0v) is 26.7. The number of carbonyl (C=O) groups is 3. The monoisotopic (exact) mass is 621 g/mol. The van der Waals surface area contributed by atoms with E-state index in [0.717, 1.165) is 17.6 Å². The molecule has 12 heteroatoms. The summed E-state index contributed by atoms with van der Waals surface area (Å²) in [6, 6.07) is 4.82. The molecule has 5 unspecified atom stereocenters.